The summed E-state index contributed by atoms with van der Waals surface area (Å²) in [5.74, 6) is 1.60. The molecule has 8 nitrogen and oxygen atoms in total. The smallest absolute Gasteiger partial charge is 0.205 e. The zero-order valence-corrected chi connectivity index (χ0v) is 19.3. The highest BCUT2D eigenvalue weighted by atomic mass is 15.5. The summed E-state index contributed by atoms with van der Waals surface area (Å²) in [6.45, 7) is 2.89. The van der Waals surface area contributed by atoms with E-state index < -0.39 is 0 Å². The summed E-state index contributed by atoms with van der Waals surface area (Å²) in [4.78, 5) is 14.0. The summed E-state index contributed by atoms with van der Waals surface area (Å²) >= 11 is 0. The van der Waals surface area contributed by atoms with Crippen LogP contribution in [-0.4, -0.2) is 42.2 Å². The lowest BCUT2D eigenvalue weighted by molar-refractivity contribution is 0.636. The number of unbranched alkanes of at least 4 members (excludes halogenated alkanes) is 1. The van der Waals surface area contributed by atoms with Crippen molar-refractivity contribution in [3.63, 3.8) is 0 Å². The summed E-state index contributed by atoms with van der Waals surface area (Å²) in [5.41, 5.74) is 5.95. The fraction of sp³-hybridized carbons (Fsp3) is 0.231. The Kier molecular flexibility index (Phi) is 6.20. The van der Waals surface area contributed by atoms with Crippen molar-refractivity contribution in [1.29, 1.82) is 0 Å². The number of nitrogens with one attached hydrogen (secondary N) is 1. The highest BCUT2D eigenvalue weighted by Crippen LogP contribution is 2.29. The van der Waals surface area contributed by atoms with E-state index in [-0.39, 0.29) is 0 Å². The highest BCUT2D eigenvalue weighted by molar-refractivity contribution is 5.80. The van der Waals surface area contributed by atoms with Gasteiger partial charge in [0.2, 0.25) is 5.82 Å². The maximum absolute atomic E-state index is 4.89. The Morgan fingerprint density at radius 1 is 0.971 bits per heavy atom. The third kappa shape index (κ3) is 4.22. The number of aryl methyl sites for hydroxylation is 1. The number of hydrogen-bond acceptors (Lipinski definition) is 6. The van der Waals surface area contributed by atoms with Gasteiger partial charge in [0.05, 0.1) is 11.9 Å². The van der Waals surface area contributed by atoms with Gasteiger partial charge in [-0.2, -0.15) is 5.21 Å². The third-order valence-electron chi connectivity index (χ3n) is 5.91. The number of tetrazole rings is 1. The molecule has 0 unspecified atom stereocenters. The predicted octanol–water partition coefficient (Wildman–Crippen LogP) is 4.20. The minimum Gasteiger partial charge on any atom is -0.310 e. The van der Waals surface area contributed by atoms with Crippen LogP contribution in [0.5, 0.6) is 0 Å². The van der Waals surface area contributed by atoms with Crippen molar-refractivity contribution in [3.8, 4) is 22.5 Å². The average molecular weight is 451 g/mol. The van der Waals surface area contributed by atoms with Crippen LogP contribution in [-0.2, 0) is 13.0 Å². The first-order valence-electron chi connectivity index (χ1n) is 11.5. The van der Waals surface area contributed by atoms with Crippen LogP contribution in [0.25, 0.3) is 33.5 Å². The van der Waals surface area contributed by atoms with Crippen molar-refractivity contribution in [1.82, 2.24) is 35.2 Å². The molecular weight excluding hydrogens is 424 g/mol. The molecule has 0 fully saturated rings. The molecule has 0 aliphatic rings. The molecule has 1 N–H and O–H groups in total. The van der Waals surface area contributed by atoms with Crippen LogP contribution in [0.1, 0.15) is 31.2 Å². The van der Waals surface area contributed by atoms with Crippen LogP contribution < -0.4 is 5.49 Å². The second-order valence-electron chi connectivity index (χ2n) is 8.12. The van der Waals surface area contributed by atoms with Gasteiger partial charge in [0, 0.05) is 25.2 Å². The Labute approximate surface area is 197 Å². The van der Waals surface area contributed by atoms with E-state index in [1.165, 1.54) is 5.56 Å². The lowest BCUT2D eigenvalue weighted by atomic mass is 9.98. The molecule has 34 heavy (non-hydrogen) atoms. The van der Waals surface area contributed by atoms with E-state index in [0.29, 0.717) is 12.4 Å². The second kappa shape index (κ2) is 9.74. The molecule has 0 aliphatic carbocycles. The maximum Gasteiger partial charge on any atom is 0.205 e. The molecule has 0 bridgehead atoms. The van der Waals surface area contributed by atoms with Crippen molar-refractivity contribution in [3.05, 3.63) is 83.7 Å². The number of aromatic amines is 1. The zero-order chi connectivity index (χ0) is 23.3. The normalized spacial score (nSPS) is 11.9. The van der Waals surface area contributed by atoms with Gasteiger partial charge in [-0.25, -0.2) is 9.97 Å². The number of nitrogens with zero attached hydrogens (tertiary/aromatic N) is 7. The SMILES string of the molecule is CCCCc1nc2ncccc2c(=NC)n1Cc1ccc(-c2ccccc2-c2nn[nH]n2)cc1. The molecular formula is C26H26N8. The van der Waals surface area contributed by atoms with E-state index in [0.717, 1.165) is 58.3 Å². The Morgan fingerprint density at radius 3 is 2.53 bits per heavy atom. The number of aromatic nitrogens is 7. The predicted molar refractivity (Wildman–Crippen MR) is 132 cm³/mol. The molecule has 2 aromatic carbocycles. The topological polar surface area (TPSA) is 97.5 Å². The van der Waals surface area contributed by atoms with Gasteiger partial charge in [-0.3, -0.25) is 4.99 Å². The van der Waals surface area contributed by atoms with Gasteiger partial charge in [0.25, 0.3) is 0 Å². The number of rotatable bonds is 7. The van der Waals surface area contributed by atoms with E-state index in [9.17, 15) is 0 Å². The van der Waals surface area contributed by atoms with E-state index in [1.807, 2.05) is 37.4 Å². The first-order valence-corrected chi connectivity index (χ1v) is 11.5. The lowest BCUT2D eigenvalue weighted by Gasteiger charge is -2.16. The van der Waals surface area contributed by atoms with Crippen molar-refractivity contribution in [2.24, 2.45) is 4.99 Å². The Bertz CT molecular complexity index is 1470. The van der Waals surface area contributed by atoms with Gasteiger partial charge >= 0.3 is 0 Å². The Hall–Kier alpha value is -4.20. The number of benzene rings is 2. The number of hydrogen-bond donors (Lipinski definition) is 1. The Balaban J connectivity index is 1.52. The molecule has 8 heteroatoms. The van der Waals surface area contributed by atoms with Crippen LogP contribution in [0.2, 0.25) is 0 Å². The summed E-state index contributed by atoms with van der Waals surface area (Å²) < 4.78 is 2.22. The highest BCUT2D eigenvalue weighted by Gasteiger charge is 2.13. The molecule has 0 saturated carbocycles. The standard InChI is InChI=1S/C26H26N8/c1-3-4-11-23-29-24-22(10-7-16-28-24)26(27-2)34(23)17-18-12-14-19(15-13-18)20-8-5-6-9-21(20)25-30-32-33-31-25/h5-10,12-16H,3-4,11,17H2,1-2H3,(H,30,31,32,33). The van der Waals surface area contributed by atoms with Gasteiger partial charge in [-0.05, 0) is 40.5 Å². The molecule has 0 saturated heterocycles. The van der Waals surface area contributed by atoms with E-state index in [1.54, 1.807) is 6.20 Å². The largest absolute Gasteiger partial charge is 0.310 e. The fourth-order valence-electron chi connectivity index (χ4n) is 4.22. The van der Waals surface area contributed by atoms with Crippen LogP contribution >= 0.6 is 0 Å². The monoisotopic (exact) mass is 450 g/mol. The van der Waals surface area contributed by atoms with Crippen LogP contribution in [0.4, 0.5) is 0 Å². The number of pyridine rings is 1. The van der Waals surface area contributed by atoms with Crippen molar-refractivity contribution in [2.45, 2.75) is 32.7 Å². The van der Waals surface area contributed by atoms with Gasteiger partial charge < -0.3 is 4.57 Å². The third-order valence-corrected chi connectivity index (χ3v) is 5.91. The molecule has 0 atom stereocenters. The maximum atomic E-state index is 4.89. The minimum atomic E-state index is 0.584. The zero-order valence-electron chi connectivity index (χ0n) is 19.3. The summed E-state index contributed by atoms with van der Waals surface area (Å²) in [6, 6.07) is 20.7. The summed E-state index contributed by atoms with van der Waals surface area (Å²) in [6.07, 6.45) is 4.85. The van der Waals surface area contributed by atoms with E-state index in [2.05, 4.69) is 72.4 Å². The van der Waals surface area contributed by atoms with E-state index >= 15 is 0 Å². The van der Waals surface area contributed by atoms with Gasteiger partial charge in [0.15, 0.2) is 5.65 Å². The Morgan fingerprint density at radius 2 is 1.79 bits per heavy atom. The molecule has 0 spiro atoms. The van der Waals surface area contributed by atoms with Gasteiger partial charge in [-0.15, -0.1) is 10.2 Å². The summed E-state index contributed by atoms with van der Waals surface area (Å²) in [5, 5.41) is 15.5. The lowest BCUT2D eigenvalue weighted by Crippen LogP contribution is -2.27. The molecule has 5 rings (SSSR count). The van der Waals surface area contributed by atoms with E-state index in [4.69, 9.17) is 4.98 Å². The average Bonchev–Trinajstić information content (AvgIpc) is 3.43. The number of fused-ring (bicyclic) bond motifs is 1. The number of H-pyrrole nitrogens is 1. The first-order chi connectivity index (χ1) is 16.8. The first kappa shape index (κ1) is 21.6. The molecule has 0 radical (unpaired) electrons. The van der Waals surface area contributed by atoms with Gasteiger partial charge in [-0.1, -0.05) is 61.9 Å². The molecule has 170 valence electrons. The molecule has 0 amide bonds. The summed E-state index contributed by atoms with van der Waals surface area (Å²) in [7, 11) is 1.83. The minimum absolute atomic E-state index is 0.584. The van der Waals surface area contributed by atoms with Crippen molar-refractivity contribution in [2.75, 3.05) is 7.05 Å². The molecule has 0 aliphatic heterocycles. The molecule has 5 aromatic rings. The molecule has 3 heterocycles. The van der Waals surface area contributed by atoms with Crippen LogP contribution in [0.15, 0.2) is 71.9 Å². The fourth-order valence-corrected chi connectivity index (χ4v) is 4.22. The van der Waals surface area contributed by atoms with Crippen LogP contribution in [0.3, 0.4) is 0 Å². The second-order valence-corrected chi connectivity index (χ2v) is 8.12. The van der Waals surface area contributed by atoms with Crippen LogP contribution in [0, 0.1) is 0 Å². The van der Waals surface area contributed by atoms with Gasteiger partial charge in [0.1, 0.15) is 11.3 Å². The van der Waals surface area contributed by atoms with Crippen molar-refractivity contribution >= 4 is 11.0 Å². The molecule has 3 aromatic heterocycles. The quantitative estimate of drug-likeness (QED) is 0.401. The van der Waals surface area contributed by atoms with Crippen molar-refractivity contribution < 1.29 is 0 Å².